The fourth-order valence-electron chi connectivity index (χ4n) is 1.82. The molecule has 1 aliphatic rings. The molecule has 1 fully saturated rings. The zero-order valence-corrected chi connectivity index (χ0v) is 8.22. The van der Waals surface area contributed by atoms with E-state index < -0.39 is 0 Å². The molecular weight excluding hydrogens is 152 g/mol. The van der Waals surface area contributed by atoms with Crippen LogP contribution in [0.2, 0.25) is 0 Å². The van der Waals surface area contributed by atoms with Gasteiger partial charge in [-0.2, -0.15) is 0 Å². The monoisotopic (exact) mass is 170 g/mol. The van der Waals surface area contributed by atoms with Crippen molar-refractivity contribution in [3.63, 3.8) is 0 Å². The van der Waals surface area contributed by atoms with Crippen LogP contribution < -0.4 is 0 Å². The van der Waals surface area contributed by atoms with Crippen LogP contribution in [0.3, 0.4) is 0 Å². The van der Waals surface area contributed by atoms with Crippen LogP contribution in [-0.2, 0) is 9.53 Å². The Morgan fingerprint density at radius 2 is 2.33 bits per heavy atom. The first-order valence-corrected chi connectivity index (χ1v) is 4.80. The third-order valence-electron chi connectivity index (χ3n) is 2.55. The van der Waals surface area contributed by atoms with Crippen molar-refractivity contribution in [3.8, 4) is 0 Å². The number of unbranched alkanes of at least 4 members (excludes halogenated alkanes) is 1. The molecule has 1 rings (SSSR count). The maximum atomic E-state index is 11.1. The van der Waals surface area contributed by atoms with Gasteiger partial charge in [0.05, 0.1) is 5.92 Å². The van der Waals surface area contributed by atoms with Crippen molar-refractivity contribution < 1.29 is 9.53 Å². The summed E-state index contributed by atoms with van der Waals surface area (Å²) in [6, 6.07) is 0. The SMILES string of the molecule is CCCCC1(C)CC(C)C(=O)O1. The molecule has 1 heterocycles. The quantitative estimate of drug-likeness (QED) is 0.608. The van der Waals surface area contributed by atoms with Crippen LogP contribution in [0.15, 0.2) is 0 Å². The van der Waals surface area contributed by atoms with E-state index >= 15 is 0 Å². The molecule has 2 unspecified atom stereocenters. The van der Waals surface area contributed by atoms with Gasteiger partial charge in [0.1, 0.15) is 5.60 Å². The van der Waals surface area contributed by atoms with E-state index in [1.807, 2.05) is 13.8 Å². The van der Waals surface area contributed by atoms with E-state index in [2.05, 4.69) is 6.92 Å². The van der Waals surface area contributed by atoms with Gasteiger partial charge in [-0.1, -0.05) is 20.3 Å². The van der Waals surface area contributed by atoms with Crippen molar-refractivity contribution in [1.82, 2.24) is 0 Å². The number of ether oxygens (including phenoxy) is 1. The van der Waals surface area contributed by atoms with Gasteiger partial charge in [-0.25, -0.2) is 0 Å². The molecule has 2 heteroatoms. The number of carbonyl (C=O) groups excluding carboxylic acids is 1. The number of carbonyl (C=O) groups is 1. The van der Waals surface area contributed by atoms with Crippen LogP contribution >= 0.6 is 0 Å². The normalized spacial score (nSPS) is 35.2. The molecule has 0 amide bonds. The van der Waals surface area contributed by atoms with Gasteiger partial charge in [-0.3, -0.25) is 4.79 Å². The van der Waals surface area contributed by atoms with E-state index in [4.69, 9.17) is 4.74 Å². The molecule has 0 saturated carbocycles. The van der Waals surface area contributed by atoms with Crippen LogP contribution in [0.1, 0.15) is 46.5 Å². The minimum Gasteiger partial charge on any atom is -0.459 e. The van der Waals surface area contributed by atoms with E-state index in [9.17, 15) is 4.79 Å². The van der Waals surface area contributed by atoms with Crippen molar-refractivity contribution >= 4 is 5.97 Å². The minimum absolute atomic E-state index is 0.0198. The van der Waals surface area contributed by atoms with Crippen LogP contribution in [0, 0.1) is 5.92 Å². The average Bonchev–Trinajstić information content (AvgIpc) is 2.24. The molecule has 0 aromatic heterocycles. The van der Waals surface area contributed by atoms with Crippen molar-refractivity contribution in [2.24, 2.45) is 5.92 Å². The van der Waals surface area contributed by atoms with Crippen molar-refractivity contribution in [3.05, 3.63) is 0 Å². The van der Waals surface area contributed by atoms with Crippen LogP contribution in [-0.4, -0.2) is 11.6 Å². The van der Waals surface area contributed by atoms with Gasteiger partial charge in [0, 0.05) is 0 Å². The summed E-state index contributed by atoms with van der Waals surface area (Å²) in [6.45, 7) is 6.15. The lowest BCUT2D eigenvalue weighted by atomic mass is 9.92. The third-order valence-corrected chi connectivity index (χ3v) is 2.55. The lowest BCUT2D eigenvalue weighted by molar-refractivity contribution is -0.149. The molecule has 1 saturated heterocycles. The number of rotatable bonds is 3. The molecule has 0 radical (unpaired) electrons. The Bertz CT molecular complexity index is 177. The second kappa shape index (κ2) is 3.46. The summed E-state index contributed by atoms with van der Waals surface area (Å²) in [7, 11) is 0. The summed E-state index contributed by atoms with van der Waals surface area (Å²) in [6.07, 6.45) is 4.23. The predicted molar refractivity (Wildman–Crippen MR) is 47.8 cm³/mol. The topological polar surface area (TPSA) is 26.3 Å². The summed E-state index contributed by atoms with van der Waals surface area (Å²) >= 11 is 0. The Labute approximate surface area is 74.3 Å². The Balaban J connectivity index is 2.46. The zero-order valence-electron chi connectivity index (χ0n) is 8.22. The Kier molecular flexibility index (Phi) is 2.76. The first-order chi connectivity index (χ1) is 5.57. The fraction of sp³-hybridized carbons (Fsp3) is 0.900. The number of esters is 1. The average molecular weight is 170 g/mol. The molecule has 0 spiro atoms. The molecule has 2 nitrogen and oxygen atoms in total. The van der Waals surface area contributed by atoms with Gasteiger partial charge < -0.3 is 4.74 Å². The molecule has 0 bridgehead atoms. The zero-order chi connectivity index (χ0) is 9.19. The van der Waals surface area contributed by atoms with E-state index in [0.717, 1.165) is 19.3 Å². The third kappa shape index (κ3) is 1.99. The van der Waals surface area contributed by atoms with Crippen molar-refractivity contribution in [1.29, 1.82) is 0 Å². The van der Waals surface area contributed by atoms with Gasteiger partial charge in [0.15, 0.2) is 0 Å². The summed E-state index contributed by atoms with van der Waals surface area (Å²) in [4.78, 5) is 11.1. The molecule has 0 N–H and O–H groups in total. The second-order valence-corrected chi connectivity index (χ2v) is 4.08. The summed E-state index contributed by atoms with van der Waals surface area (Å²) in [5, 5.41) is 0. The molecule has 2 atom stereocenters. The van der Waals surface area contributed by atoms with Gasteiger partial charge in [0.2, 0.25) is 0 Å². The van der Waals surface area contributed by atoms with E-state index in [1.54, 1.807) is 0 Å². The van der Waals surface area contributed by atoms with E-state index in [-0.39, 0.29) is 17.5 Å². The van der Waals surface area contributed by atoms with Gasteiger partial charge >= 0.3 is 5.97 Å². The van der Waals surface area contributed by atoms with E-state index in [1.165, 1.54) is 6.42 Å². The highest BCUT2D eigenvalue weighted by Crippen LogP contribution is 2.34. The lowest BCUT2D eigenvalue weighted by Crippen LogP contribution is -2.23. The second-order valence-electron chi connectivity index (χ2n) is 4.08. The summed E-state index contributed by atoms with van der Waals surface area (Å²) in [5.74, 6) is 0.0838. The van der Waals surface area contributed by atoms with Gasteiger partial charge in [-0.15, -0.1) is 0 Å². The van der Waals surface area contributed by atoms with Gasteiger partial charge in [0.25, 0.3) is 0 Å². The van der Waals surface area contributed by atoms with Crippen molar-refractivity contribution in [2.45, 2.75) is 52.1 Å². The fourth-order valence-corrected chi connectivity index (χ4v) is 1.82. The highest BCUT2D eigenvalue weighted by Gasteiger charge is 2.40. The standard InChI is InChI=1S/C10H18O2/c1-4-5-6-10(3)7-8(2)9(11)12-10/h8H,4-7H2,1-3H3. The lowest BCUT2D eigenvalue weighted by Gasteiger charge is -2.21. The largest absolute Gasteiger partial charge is 0.459 e. The summed E-state index contributed by atoms with van der Waals surface area (Å²) < 4.78 is 5.32. The highest BCUT2D eigenvalue weighted by atomic mass is 16.6. The number of hydrogen-bond acceptors (Lipinski definition) is 2. The molecule has 0 aromatic rings. The minimum atomic E-state index is -0.160. The molecule has 0 aliphatic carbocycles. The molecular formula is C10H18O2. The first kappa shape index (κ1) is 9.56. The van der Waals surface area contributed by atoms with Crippen molar-refractivity contribution in [2.75, 3.05) is 0 Å². The number of hydrogen-bond donors (Lipinski definition) is 0. The maximum Gasteiger partial charge on any atom is 0.309 e. The Morgan fingerprint density at radius 3 is 2.75 bits per heavy atom. The molecule has 0 aromatic carbocycles. The van der Waals surface area contributed by atoms with Crippen LogP contribution in [0.25, 0.3) is 0 Å². The molecule has 1 aliphatic heterocycles. The number of cyclic esters (lactones) is 1. The summed E-state index contributed by atoms with van der Waals surface area (Å²) in [5.41, 5.74) is -0.160. The Morgan fingerprint density at radius 1 is 1.67 bits per heavy atom. The molecule has 12 heavy (non-hydrogen) atoms. The van der Waals surface area contributed by atoms with Crippen LogP contribution in [0.4, 0.5) is 0 Å². The van der Waals surface area contributed by atoms with Gasteiger partial charge in [-0.05, 0) is 26.2 Å². The smallest absolute Gasteiger partial charge is 0.309 e. The Hall–Kier alpha value is -0.530. The highest BCUT2D eigenvalue weighted by molar-refractivity contribution is 5.74. The first-order valence-electron chi connectivity index (χ1n) is 4.80. The van der Waals surface area contributed by atoms with E-state index in [0.29, 0.717) is 0 Å². The molecule has 70 valence electrons. The maximum absolute atomic E-state index is 11.1. The predicted octanol–water partition coefficient (Wildman–Crippen LogP) is 2.52. The van der Waals surface area contributed by atoms with Crippen LogP contribution in [0.5, 0.6) is 0 Å².